The van der Waals surface area contributed by atoms with Crippen LogP contribution in [0.15, 0.2) is 53.4 Å². The Kier molecular flexibility index (Phi) is 5.81. The molecular formula is C22H27N3O4S. The molecule has 0 aromatic heterocycles. The molecule has 1 unspecified atom stereocenters. The summed E-state index contributed by atoms with van der Waals surface area (Å²) < 4.78 is 33.8. The topological polar surface area (TPSA) is 70.2 Å². The first-order chi connectivity index (χ1) is 14.3. The molecule has 0 N–H and O–H groups in total. The third kappa shape index (κ3) is 4.21. The van der Waals surface area contributed by atoms with Gasteiger partial charge in [-0.3, -0.25) is 9.69 Å². The third-order valence-electron chi connectivity index (χ3n) is 5.59. The van der Waals surface area contributed by atoms with Gasteiger partial charge in [0.25, 0.3) is 0 Å². The lowest BCUT2D eigenvalue weighted by molar-refractivity contribution is -0.117. The number of piperazine rings is 1. The second-order valence-electron chi connectivity index (χ2n) is 7.85. The number of sulfonamides is 1. The van der Waals surface area contributed by atoms with Crippen LogP contribution in [0.3, 0.4) is 0 Å². The van der Waals surface area contributed by atoms with Crippen LogP contribution in [0.25, 0.3) is 0 Å². The number of anilines is 1. The van der Waals surface area contributed by atoms with Gasteiger partial charge in [-0.15, -0.1) is 0 Å². The fourth-order valence-electron chi connectivity index (χ4n) is 3.99. The van der Waals surface area contributed by atoms with Gasteiger partial charge in [0.2, 0.25) is 15.9 Å². The minimum Gasteiger partial charge on any atom is -0.487 e. The number of hydrogen-bond acceptors (Lipinski definition) is 5. The molecule has 0 spiro atoms. The predicted octanol–water partition coefficient (Wildman–Crippen LogP) is 2.33. The Balaban J connectivity index is 1.49. The van der Waals surface area contributed by atoms with Crippen LogP contribution in [0.1, 0.15) is 19.4 Å². The van der Waals surface area contributed by atoms with E-state index < -0.39 is 10.0 Å². The molecule has 7 nitrogen and oxygen atoms in total. The maximum Gasteiger partial charge on any atom is 0.243 e. The Bertz CT molecular complexity index is 1020. The molecule has 2 aromatic carbocycles. The highest BCUT2D eigenvalue weighted by Crippen LogP contribution is 2.36. The lowest BCUT2D eigenvalue weighted by atomic mass is 10.2. The fraction of sp³-hybridized carbons (Fsp3) is 0.409. The second-order valence-corrected chi connectivity index (χ2v) is 9.79. The molecule has 1 saturated heterocycles. The maximum absolute atomic E-state index is 13.2. The zero-order valence-corrected chi connectivity index (χ0v) is 18.1. The molecule has 8 heteroatoms. The minimum absolute atomic E-state index is 0.129. The number of benzene rings is 2. The van der Waals surface area contributed by atoms with Gasteiger partial charge in [0, 0.05) is 39.6 Å². The van der Waals surface area contributed by atoms with E-state index in [0.717, 1.165) is 6.54 Å². The highest BCUT2D eigenvalue weighted by Gasteiger charge is 2.32. The highest BCUT2D eigenvalue weighted by atomic mass is 32.2. The number of hydrogen-bond donors (Lipinski definition) is 0. The van der Waals surface area contributed by atoms with Crippen molar-refractivity contribution in [3.8, 4) is 5.75 Å². The molecule has 2 heterocycles. The minimum atomic E-state index is -3.64. The molecule has 0 radical (unpaired) electrons. The van der Waals surface area contributed by atoms with Gasteiger partial charge < -0.3 is 9.64 Å². The molecule has 1 fully saturated rings. The molecule has 160 valence electrons. The predicted molar refractivity (Wildman–Crippen MR) is 115 cm³/mol. The zero-order chi connectivity index (χ0) is 21.3. The van der Waals surface area contributed by atoms with E-state index in [1.54, 1.807) is 23.1 Å². The van der Waals surface area contributed by atoms with Crippen molar-refractivity contribution in [2.45, 2.75) is 31.4 Å². The van der Waals surface area contributed by atoms with Crippen molar-refractivity contribution < 1.29 is 17.9 Å². The average molecular weight is 430 g/mol. The fourth-order valence-corrected chi connectivity index (χ4v) is 5.44. The van der Waals surface area contributed by atoms with E-state index in [4.69, 9.17) is 4.74 Å². The Hall–Kier alpha value is -2.42. The summed E-state index contributed by atoms with van der Waals surface area (Å²) in [5, 5.41) is 0. The van der Waals surface area contributed by atoms with E-state index in [9.17, 15) is 13.2 Å². The number of amides is 1. The van der Waals surface area contributed by atoms with Crippen molar-refractivity contribution in [1.82, 2.24) is 9.21 Å². The van der Waals surface area contributed by atoms with Crippen molar-refractivity contribution in [3.05, 3.63) is 54.1 Å². The number of fused-ring (bicyclic) bond motifs is 1. The van der Waals surface area contributed by atoms with Crippen LogP contribution in [0.5, 0.6) is 5.75 Å². The zero-order valence-electron chi connectivity index (χ0n) is 17.3. The second kappa shape index (κ2) is 8.37. The summed E-state index contributed by atoms with van der Waals surface area (Å²) in [5.74, 6) is 0.408. The van der Waals surface area contributed by atoms with Crippen molar-refractivity contribution in [2.24, 2.45) is 0 Å². The summed E-state index contributed by atoms with van der Waals surface area (Å²) in [7, 11) is -3.64. The SMILES string of the molecule is CC(=O)N1CC(C)Oc2ccc(S(=O)(=O)N3CCN(Cc4ccccc4)CC3)cc21. The average Bonchev–Trinajstić information content (AvgIpc) is 2.74. The van der Waals surface area contributed by atoms with E-state index >= 15 is 0 Å². The van der Waals surface area contributed by atoms with Gasteiger partial charge in [-0.2, -0.15) is 4.31 Å². The first kappa shape index (κ1) is 20.8. The number of ether oxygens (including phenoxy) is 1. The Labute approximate surface area is 177 Å². The molecule has 30 heavy (non-hydrogen) atoms. The first-order valence-electron chi connectivity index (χ1n) is 10.2. The molecule has 1 amide bonds. The number of rotatable bonds is 4. The van der Waals surface area contributed by atoms with E-state index in [1.165, 1.54) is 16.8 Å². The summed E-state index contributed by atoms with van der Waals surface area (Å²) in [6.45, 7) is 6.83. The van der Waals surface area contributed by atoms with Crippen molar-refractivity contribution in [1.29, 1.82) is 0 Å². The van der Waals surface area contributed by atoms with Crippen LogP contribution in [-0.2, 0) is 21.4 Å². The van der Waals surface area contributed by atoms with E-state index in [1.807, 2.05) is 25.1 Å². The van der Waals surface area contributed by atoms with Crippen LogP contribution in [0, 0.1) is 0 Å². The molecular weight excluding hydrogens is 402 g/mol. The van der Waals surface area contributed by atoms with Gasteiger partial charge >= 0.3 is 0 Å². The quantitative estimate of drug-likeness (QED) is 0.746. The molecule has 4 rings (SSSR count). The Morgan fingerprint density at radius 1 is 1.07 bits per heavy atom. The van der Waals surface area contributed by atoms with Gasteiger partial charge in [0.05, 0.1) is 17.1 Å². The summed E-state index contributed by atoms with van der Waals surface area (Å²) in [6.07, 6.45) is -0.137. The van der Waals surface area contributed by atoms with Crippen molar-refractivity contribution in [2.75, 3.05) is 37.6 Å². The molecule has 0 aliphatic carbocycles. The van der Waals surface area contributed by atoms with Crippen LogP contribution in [0.4, 0.5) is 5.69 Å². The molecule has 1 atom stereocenters. The van der Waals surface area contributed by atoms with Gasteiger partial charge in [0.1, 0.15) is 11.9 Å². The van der Waals surface area contributed by atoms with E-state index in [2.05, 4.69) is 17.0 Å². The van der Waals surface area contributed by atoms with Crippen LogP contribution in [-0.4, -0.2) is 62.4 Å². The van der Waals surface area contributed by atoms with Crippen LogP contribution < -0.4 is 9.64 Å². The normalized spacial score (nSPS) is 20.5. The molecule has 0 saturated carbocycles. The number of carbonyl (C=O) groups is 1. The smallest absolute Gasteiger partial charge is 0.243 e. The monoisotopic (exact) mass is 429 g/mol. The summed E-state index contributed by atoms with van der Waals surface area (Å²) >= 11 is 0. The Morgan fingerprint density at radius 2 is 1.77 bits per heavy atom. The molecule has 2 aliphatic heterocycles. The van der Waals surface area contributed by atoms with Gasteiger partial charge in [-0.05, 0) is 30.7 Å². The molecule has 2 aromatic rings. The van der Waals surface area contributed by atoms with Gasteiger partial charge in [-0.25, -0.2) is 8.42 Å². The lowest BCUT2D eigenvalue weighted by Crippen LogP contribution is -2.48. The molecule has 0 bridgehead atoms. The Morgan fingerprint density at radius 3 is 2.43 bits per heavy atom. The standard InChI is InChI=1S/C22H27N3O4S/c1-17-15-25(18(2)26)21-14-20(8-9-22(21)29-17)30(27,28)24-12-10-23(11-13-24)16-19-6-4-3-5-7-19/h3-9,14,17H,10-13,15-16H2,1-2H3. The summed E-state index contributed by atoms with van der Waals surface area (Å²) in [4.78, 5) is 16.1. The maximum atomic E-state index is 13.2. The van der Waals surface area contributed by atoms with E-state index in [0.29, 0.717) is 44.2 Å². The van der Waals surface area contributed by atoms with Gasteiger partial charge in [0.15, 0.2) is 0 Å². The number of nitrogens with zero attached hydrogens (tertiary/aromatic N) is 3. The number of carbonyl (C=O) groups excluding carboxylic acids is 1. The van der Waals surface area contributed by atoms with Crippen LogP contribution >= 0.6 is 0 Å². The first-order valence-corrected chi connectivity index (χ1v) is 11.6. The highest BCUT2D eigenvalue weighted by molar-refractivity contribution is 7.89. The van der Waals surface area contributed by atoms with E-state index in [-0.39, 0.29) is 16.9 Å². The van der Waals surface area contributed by atoms with Crippen molar-refractivity contribution >= 4 is 21.6 Å². The van der Waals surface area contributed by atoms with Crippen molar-refractivity contribution in [3.63, 3.8) is 0 Å². The summed E-state index contributed by atoms with van der Waals surface area (Å²) in [6, 6.07) is 15.0. The van der Waals surface area contributed by atoms with Crippen LogP contribution in [0.2, 0.25) is 0 Å². The third-order valence-corrected chi connectivity index (χ3v) is 7.48. The lowest BCUT2D eigenvalue weighted by Gasteiger charge is -2.35. The van der Waals surface area contributed by atoms with Gasteiger partial charge in [-0.1, -0.05) is 30.3 Å². The molecule has 2 aliphatic rings. The summed E-state index contributed by atoms with van der Waals surface area (Å²) in [5.41, 5.74) is 1.74. The largest absolute Gasteiger partial charge is 0.487 e.